The van der Waals surface area contributed by atoms with Crippen molar-refractivity contribution < 1.29 is 23.4 Å². The Bertz CT molecular complexity index is 1190. The lowest BCUT2D eigenvalue weighted by Gasteiger charge is -2.42. The van der Waals surface area contributed by atoms with E-state index in [1.807, 2.05) is 25.1 Å². The van der Waals surface area contributed by atoms with Gasteiger partial charge in [0.15, 0.2) is 6.29 Å². The first-order valence-corrected chi connectivity index (χ1v) is 12.8. The van der Waals surface area contributed by atoms with Crippen molar-refractivity contribution in [1.82, 2.24) is 19.9 Å². The van der Waals surface area contributed by atoms with E-state index in [9.17, 15) is 13.9 Å². The normalized spacial score (nSPS) is 21.6. The number of aromatic amines is 1. The first-order chi connectivity index (χ1) is 17.8. The van der Waals surface area contributed by atoms with Crippen molar-refractivity contribution in [3.05, 3.63) is 53.5 Å². The number of para-hydroxylation sites is 1. The fourth-order valence-corrected chi connectivity index (χ4v) is 5.92. The van der Waals surface area contributed by atoms with E-state index >= 15 is 0 Å². The van der Waals surface area contributed by atoms with Gasteiger partial charge in [-0.3, -0.25) is 4.90 Å². The minimum absolute atomic E-state index is 0.164. The van der Waals surface area contributed by atoms with Crippen LogP contribution in [0.1, 0.15) is 42.6 Å². The molecule has 37 heavy (non-hydrogen) atoms. The van der Waals surface area contributed by atoms with E-state index in [4.69, 9.17) is 9.47 Å². The third-order valence-electron chi connectivity index (χ3n) is 7.81. The van der Waals surface area contributed by atoms with Crippen LogP contribution in [0.15, 0.2) is 36.7 Å². The molecule has 2 aromatic heterocycles. The molecular formula is C27H35F2N5O3. The summed E-state index contributed by atoms with van der Waals surface area (Å²) in [7, 11) is 3.32. The van der Waals surface area contributed by atoms with Crippen LogP contribution in [0, 0.1) is 5.92 Å². The summed E-state index contributed by atoms with van der Waals surface area (Å²) in [4.78, 5) is 16.7. The molecular weight excluding hydrogens is 480 g/mol. The van der Waals surface area contributed by atoms with Gasteiger partial charge in [-0.15, -0.1) is 0 Å². The van der Waals surface area contributed by atoms with Crippen molar-refractivity contribution in [2.45, 2.75) is 50.5 Å². The summed E-state index contributed by atoms with van der Waals surface area (Å²) in [6.45, 7) is 1.78. The Labute approximate surface area is 215 Å². The molecule has 4 heterocycles. The molecule has 2 aliphatic heterocycles. The van der Waals surface area contributed by atoms with Crippen molar-refractivity contribution in [3.63, 3.8) is 0 Å². The van der Waals surface area contributed by atoms with Crippen molar-refractivity contribution in [2.24, 2.45) is 5.92 Å². The Morgan fingerprint density at radius 2 is 1.81 bits per heavy atom. The van der Waals surface area contributed by atoms with Crippen LogP contribution in [0.25, 0.3) is 10.9 Å². The fraction of sp³-hybridized carbons (Fsp3) is 0.556. The van der Waals surface area contributed by atoms with E-state index < -0.39 is 25.1 Å². The minimum atomic E-state index is -3.22. The lowest BCUT2D eigenvalue weighted by Crippen LogP contribution is -2.49. The smallest absolute Gasteiger partial charge is 0.283 e. The Balaban J connectivity index is 1.44. The van der Waals surface area contributed by atoms with Crippen LogP contribution in [0.5, 0.6) is 0 Å². The first kappa shape index (κ1) is 26.0. The molecule has 1 aromatic carbocycles. The predicted molar refractivity (Wildman–Crippen MR) is 137 cm³/mol. The van der Waals surface area contributed by atoms with E-state index in [0.29, 0.717) is 18.3 Å². The largest absolute Gasteiger partial charge is 0.390 e. The monoisotopic (exact) mass is 515 g/mol. The number of alkyl halides is 2. The number of benzene rings is 1. The number of aliphatic hydroxyl groups excluding tert-OH is 1. The van der Waals surface area contributed by atoms with Crippen molar-refractivity contribution in [1.29, 1.82) is 0 Å². The number of ether oxygens (including phenoxy) is 2. The lowest BCUT2D eigenvalue weighted by atomic mass is 9.89. The average molecular weight is 516 g/mol. The van der Waals surface area contributed by atoms with Crippen LogP contribution in [-0.4, -0.2) is 83.7 Å². The second-order valence-corrected chi connectivity index (χ2v) is 10.2. The topological polar surface area (TPSA) is 86.7 Å². The number of aliphatic hydroxyl groups is 1. The summed E-state index contributed by atoms with van der Waals surface area (Å²) in [6.07, 6.45) is 5.73. The molecule has 0 spiro atoms. The minimum Gasteiger partial charge on any atom is -0.390 e. The van der Waals surface area contributed by atoms with E-state index in [-0.39, 0.29) is 12.3 Å². The summed E-state index contributed by atoms with van der Waals surface area (Å²) in [6, 6.07) is 7.37. The van der Waals surface area contributed by atoms with Gasteiger partial charge in [0.2, 0.25) is 5.95 Å². The van der Waals surface area contributed by atoms with Crippen LogP contribution >= 0.6 is 0 Å². The molecule has 3 aromatic rings. The van der Waals surface area contributed by atoms with Crippen LogP contribution in [0.2, 0.25) is 0 Å². The van der Waals surface area contributed by atoms with E-state index in [1.54, 1.807) is 31.5 Å². The zero-order valence-corrected chi connectivity index (χ0v) is 21.5. The average Bonchev–Trinajstić information content (AvgIpc) is 3.28. The third-order valence-corrected chi connectivity index (χ3v) is 7.81. The predicted octanol–water partition coefficient (Wildman–Crippen LogP) is 3.76. The van der Waals surface area contributed by atoms with Crippen LogP contribution in [0.4, 0.5) is 14.7 Å². The zero-order valence-electron chi connectivity index (χ0n) is 21.5. The standard InChI is InChI=1S/C27H35F2N5O3/c1-17-12-21-20-6-4-5-7-22(20)32-23(21)24(34(17)15-27(28,29)16-35)19-13-30-26(31-14-19)33-10-8-18(9-11-33)25(36-2)37-3/h4-7,13-14,17-18,24-25,32,35H,8-12,15-16H2,1-3H3/t17-,24-/m1/s1. The highest BCUT2D eigenvalue weighted by molar-refractivity contribution is 5.85. The zero-order chi connectivity index (χ0) is 26.2. The molecule has 8 nitrogen and oxygen atoms in total. The first-order valence-electron chi connectivity index (χ1n) is 12.8. The second-order valence-electron chi connectivity index (χ2n) is 10.2. The number of anilines is 1. The molecule has 200 valence electrons. The quantitative estimate of drug-likeness (QED) is 0.442. The maximum absolute atomic E-state index is 14.5. The molecule has 5 rings (SSSR count). The molecule has 1 saturated heterocycles. The van der Waals surface area contributed by atoms with E-state index in [0.717, 1.165) is 53.7 Å². The number of nitrogens with zero attached hydrogens (tertiary/aromatic N) is 4. The van der Waals surface area contributed by atoms with E-state index in [2.05, 4.69) is 25.9 Å². The van der Waals surface area contributed by atoms with E-state index in [1.165, 1.54) is 0 Å². The SMILES string of the molecule is COC(OC)C1CCN(c2ncc([C@@H]3c4[nH]c5ccccc5c4C[C@@H](C)N3CC(F)(F)CO)cn2)CC1. The maximum Gasteiger partial charge on any atom is 0.283 e. The van der Waals surface area contributed by atoms with Gasteiger partial charge in [0.1, 0.15) is 6.61 Å². The third kappa shape index (κ3) is 5.07. The van der Waals surface area contributed by atoms with Crippen LogP contribution < -0.4 is 4.90 Å². The Kier molecular flexibility index (Phi) is 7.44. The van der Waals surface area contributed by atoms with Gasteiger partial charge in [0.25, 0.3) is 5.92 Å². The number of piperidine rings is 1. The highest BCUT2D eigenvalue weighted by atomic mass is 19.3. The van der Waals surface area contributed by atoms with Gasteiger partial charge in [-0.25, -0.2) is 18.7 Å². The number of fused-ring (bicyclic) bond motifs is 3. The van der Waals surface area contributed by atoms with Gasteiger partial charge < -0.3 is 24.5 Å². The van der Waals surface area contributed by atoms with Gasteiger partial charge in [0.05, 0.1) is 12.6 Å². The van der Waals surface area contributed by atoms with Crippen LogP contribution in [0.3, 0.4) is 0 Å². The van der Waals surface area contributed by atoms with Crippen molar-refractivity contribution >= 4 is 16.9 Å². The molecule has 2 N–H and O–H groups in total. The molecule has 10 heteroatoms. The lowest BCUT2D eigenvalue weighted by molar-refractivity contribution is -0.141. The summed E-state index contributed by atoms with van der Waals surface area (Å²) in [5, 5.41) is 10.4. The number of rotatable bonds is 8. The molecule has 0 amide bonds. The summed E-state index contributed by atoms with van der Waals surface area (Å²) >= 11 is 0. The molecule has 0 aliphatic carbocycles. The van der Waals surface area contributed by atoms with Gasteiger partial charge in [-0.2, -0.15) is 0 Å². The Morgan fingerprint density at radius 1 is 1.14 bits per heavy atom. The summed E-state index contributed by atoms with van der Waals surface area (Å²) in [5.41, 5.74) is 3.74. The Morgan fingerprint density at radius 3 is 2.46 bits per heavy atom. The highest BCUT2D eigenvalue weighted by Crippen LogP contribution is 2.41. The highest BCUT2D eigenvalue weighted by Gasteiger charge is 2.42. The van der Waals surface area contributed by atoms with Crippen molar-refractivity contribution in [2.75, 3.05) is 45.4 Å². The van der Waals surface area contributed by atoms with Crippen molar-refractivity contribution in [3.8, 4) is 0 Å². The summed E-state index contributed by atoms with van der Waals surface area (Å²) in [5.74, 6) is -2.28. The number of methoxy groups -OCH3 is 2. The molecule has 0 bridgehead atoms. The number of halogens is 2. The number of aromatic nitrogens is 3. The van der Waals surface area contributed by atoms with Crippen LogP contribution in [-0.2, 0) is 15.9 Å². The number of hydrogen-bond acceptors (Lipinski definition) is 7. The van der Waals surface area contributed by atoms with Gasteiger partial charge in [0, 0.05) is 73.8 Å². The fourth-order valence-electron chi connectivity index (χ4n) is 5.92. The summed E-state index contributed by atoms with van der Waals surface area (Å²) < 4.78 is 39.8. The number of H-pyrrole nitrogens is 1. The van der Waals surface area contributed by atoms with Gasteiger partial charge in [-0.1, -0.05) is 18.2 Å². The maximum atomic E-state index is 14.5. The molecule has 0 saturated carbocycles. The molecule has 0 radical (unpaired) electrons. The molecule has 2 atom stereocenters. The second kappa shape index (κ2) is 10.6. The number of hydrogen-bond donors (Lipinski definition) is 2. The van der Waals surface area contributed by atoms with Gasteiger partial charge in [-0.05, 0) is 37.8 Å². The number of nitrogens with one attached hydrogen (secondary N) is 1. The Hall–Kier alpha value is -2.66. The molecule has 1 fully saturated rings. The van der Waals surface area contributed by atoms with Gasteiger partial charge >= 0.3 is 0 Å². The molecule has 2 aliphatic rings. The molecule has 0 unspecified atom stereocenters.